The van der Waals surface area contributed by atoms with E-state index in [0.29, 0.717) is 5.82 Å². The summed E-state index contributed by atoms with van der Waals surface area (Å²) in [4.78, 5) is 8.85. The standard InChI is InChI=1S/C12H17N5/c1-7(2)12-14-10(8(3)11(13)15-12)9-5-6-17(4)16-9/h5-7H,1-4H3,(H2,13,14,15). The van der Waals surface area contributed by atoms with Crippen molar-refractivity contribution in [3.05, 3.63) is 23.7 Å². The lowest BCUT2D eigenvalue weighted by Crippen LogP contribution is -2.06. The highest BCUT2D eigenvalue weighted by molar-refractivity contribution is 5.63. The molecule has 5 heteroatoms. The van der Waals surface area contributed by atoms with Crippen LogP contribution in [-0.2, 0) is 7.05 Å². The lowest BCUT2D eigenvalue weighted by Gasteiger charge is -2.10. The van der Waals surface area contributed by atoms with E-state index in [1.54, 1.807) is 4.68 Å². The van der Waals surface area contributed by atoms with Gasteiger partial charge in [-0.05, 0) is 13.0 Å². The molecule has 0 aromatic carbocycles. The van der Waals surface area contributed by atoms with Crippen LogP contribution in [0.25, 0.3) is 11.4 Å². The molecular weight excluding hydrogens is 214 g/mol. The molecular formula is C12H17N5. The molecule has 0 bridgehead atoms. The summed E-state index contributed by atoms with van der Waals surface area (Å²) in [6.07, 6.45) is 1.89. The monoisotopic (exact) mass is 231 g/mol. The number of nitrogens with zero attached hydrogens (tertiary/aromatic N) is 4. The summed E-state index contributed by atoms with van der Waals surface area (Å²) in [7, 11) is 1.88. The molecule has 0 fully saturated rings. The molecule has 2 aromatic rings. The molecule has 0 saturated heterocycles. The SMILES string of the molecule is Cc1c(N)nc(C(C)C)nc1-c1ccn(C)n1. The van der Waals surface area contributed by atoms with E-state index in [-0.39, 0.29) is 5.92 Å². The van der Waals surface area contributed by atoms with Crippen LogP contribution in [0.3, 0.4) is 0 Å². The van der Waals surface area contributed by atoms with Crippen LogP contribution in [-0.4, -0.2) is 19.7 Å². The van der Waals surface area contributed by atoms with E-state index in [1.165, 1.54) is 0 Å². The molecule has 90 valence electrons. The summed E-state index contributed by atoms with van der Waals surface area (Å²) >= 11 is 0. The van der Waals surface area contributed by atoms with Crippen molar-refractivity contribution in [2.45, 2.75) is 26.7 Å². The fourth-order valence-corrected chi connectivity index (χ4v) is 1.60. The first-order valence-electron chi connectivity index (χ1n) is 5.63. The van der Waals surface area contributed by atoms with Gasteiger partial charge in [-0.25, -0.2) is 9.97 Å². The summed E-state index contributed by atoms with van der Waals surface area (Å²) < 4.78 is 1.75. The first kappa shape index (κ1) is 11.6. The average molecular weight is 231 g/mol. The maximum absolute atomic E-state index is 5.92. The van der Waals surface area contributed by atoms with Gasteiger partial charge >= 0.3 is 0 Å². The van der Waals surface area contributed by atoms with Crippen LogP contribution in [0.1, 0.15) is 31.2 Å². The lowest BCUT2D eigenvalue weighted by molar-refractivity contribution is 0.760. The number of hydrogen-bond acceptors (Lipinski definition) is 4. The molecule has 5 nitrogen and oxygen atoms in total. The van der Waals surface area contributed by atoms with Gasteiger partial charge in [0.15, 0.2) is 0 Å². The highest BCUT2D eigenvalue weighted by Crippen LogP contribution is 2.24. The Balaban J connectivity index is 2.60. The van der Waals surface area contributed by atoms with Crippen molar-refractivity contribution in [3.63, 3.8) is 0 Å². The van der Waals surface area contributed by atoms with E-state index in [9.17, 15) is 0 Å². The van der Waals surface area contributed by atoms with Gasteiger partial charge in [-0.15, -0.1) is 0 Å². The molecule has 2 rings (SSSR count). The predicted molar refractivity (Wildman–Crippen MR) is 67.5 cm³/mol. The Bertz CT molecular complexity index is 542. The van der Waals surface area contributed by atoms with E-state index in [0.717, 1.165) is 22.8 Å². The van der Waals surface area contributed by atoms with E-state index in [1.807, 2.05) is 40.1 Å². The fraction of sp³-hybridized carbons (Fsp3) is 0.417. The van der Waals surface area contributed by atoms with Crippen LogP contribution >= 0.6 is 0 Å². The van der Waals surface area contributed by atoms with Crippen molar-refractivity contribution < 1.29 is 0 Å². The summed E-state index contributed by atoms with van der Waals surface area (Å²) in [5, 5.41) is 4.35. The van der Waals surface area contributed by atoms with E-state index in [4.69, 9.17) is 5.73 Å². The smallest absolute Gasteiger partial charge is 0.134 e. The Labute approximate surface area is 101 Å². The molecule has 0 amide bonds. The van der Waals surface area contributed by atoms with Crippen molar-refractivity contribution in [1.29, 1.82) is 0 Å². The minimum atomic E-state index is 0.250. The molecule has 17 heavy (non-hydrogen) atoms. The molecule has 2 aromatic heterocycles. The summed E-state index contributed by atoms with van der Waals surface area (Å²) in [5.74, 6) is 1.54. The second kappa shape index (κ2) is 4.16. The zero-order valence-corrected chi connectivity index (χ0v) is 10.6. The number of hydrogen-bond donors (Lipinski definition) is 1. The Hall–Kier alpha value is -1.91. The topological polar surface area (TPSA) is 69.6 Å². The van der Waals surface area contributed by atoms with Crippen molar-refractivity contribution in [3.8, 4) is 11.4 Å². The molecule has 0 atom stereocenters. The Morgan fingerprint density at radius 1 is 1.29 bits per heavy atom. The Morgan fingerprint density at radius 2 is 2.00 bits per heavy atom. The average Bonchev–Trinajstić information content (AvgIpc) is 2.68. The van der Waals surface area contributed by atoms with Gasteiger partial charge in [0.1, 0.15) is 17.3 Å². The highest BCUT2D eigenvalue weighted by Gasteiger charge is 2.14. The molecule has 0 unspecified atom stereocenters. The molecule has 0 saturated carbocycles. The molecule has 0 radical (unpaired) electrons. The maximum Gasteiger partial charge on any atom is 0.134 e. The Morgan fingerprint density at radius 3 is 2.53 bits per heavy atom. The van der Waals surface area contributed by atoms with E-state index < -0.39 is 0 Å². The van der Waals surface area contributed by atoms with Crippen molar-refractivity contribution in [1.82, 2.24) is 19.7 Å². The molecule has 2 N–H and O–H groups in total. The predicted octanol–water partition coefficient (Wildman–Crippen LogP) is 1.89. The van der Waals surface area contributed by atoms with Gasteiger partial charge in [0.05, 0.1) is 5.69 Å². The van der Waals surface area contributed by atoms with Crippen LogP contribution in [0.2, 0.25) is 0 Å². The molecule has 0 spiro atoms. The van der Waals surface area contributed by atoms with Crippen LogP contribution in [0.5, 0.6) is 0 Å². The number of nitrogen functional groups attached to an aromatic ring is 1. The quantitative estimate of drug-likeness (QED) is 0.856. The zero-order valence-electron chi connectivity index (χ0n) is 10.6. The van der Waals surface area contributed by atoms with E-state index >= 15 is 0 Å². The Kier molecular flexibility index (Phi) is 2.83. The number of rotatable bonds is 2. The van der Waals surface area contributed by atoms with Crippen molar-refractivity contribution in [2.75, 3.05) is 5.73 Å². The van der Waals surface area contributed by atoms with Gasteiger partial charge in [-0.2, -0.15) is 5.10 Å². The molecule has 0 aliphatic heterocycles. The third-order valence-corrected chi connectivity index (χ3v) is 2.67. The number of nitrogens with two attached hydrogens (primary N) is 1. The lowest BCUT2D eigenvalue weighted by atomic mass is 10.1. The summed E-state index contributed by atoms with van der Waals surface area (Å²) in [6.45, 7) is 6.02. The van der Waals surface area contributed by atoms with Gasteiger partial charge in [-0.3, -0.25) is 4.68 Å². The fourth-order valence-electron chi connectivity index (χ4n) is 1.60. The molecule has 0 aliphatic carbocycles. The van der Waals surface area contributed by atoms with Crippen LogP contribution in [0.4, 0.5) is 5.82 Å². The minimum absolute atomic E-state index is 0.250. The van der Waals surface area contributed by atoms with Crippen LogP contribution in [0.15, 0.2) is 12.3 Å². The minimum Gasteiger partial charge on any atom is -0.383 e. The van der Waals surface area contributed by atoms with Gasteiger partial charge in [0.25, 0.3) is 0 Å². The largest absolute Gasteiger partial charge is 0.383 e. The summed E-state index contributed by atoms with van der Waals surface area (Å²) in [6, 6.07) is 1.93. The highest BCUT2D eigenvalue weighted by atomic mass is 15.3. The van der Waals surface area contributed by atoms with Gasteiger partial charge < -0.3 is 5.73 Å². The van der Waals surface area contributed by atoms with Gasteiger partial charge in [0, 0.05) is 24.7 Å². The molecule has 0 aliphatic rings. The van der Waals surface area contributed by atoms with Gasteiger partial charge in [-0.1, -0.05) is 13.8 Å². The second-order valence-corrected chi connectivity index (χ2v) is 4.47. The van der Waals surface area contributed by atoms with Gasteiger partial charge in [0.2, 0.25) is 0 Å². The summed E-state index contributed by atoms with van der Waals surface area (Å²) in [5.41, 5.74) is 8.46. The third-order valence-electron chi connectivity index (χ3n) is 2.67. The first-order valence-corrected chi connectivity index (χ1v) is 5.63. The number of aromatic nitrogens is 4. The van der Waals surface area contributed by atoms with Crippen molar-refractivity contribution >= 4 is 5.82 Å². The maximum atomic E-state index is 5.92. The molecule has 2 heterocycles. The van der Waals surface area contributed by atoms with Crippen LogP contribution in [0, 0.1) is 6.92 Å². The normalized spacial score (nSPS) is 11.1. The third kappa shape index (κ3) is 2.13. The number of aryl methyl sites for hydroxylation is 1. The van der Waals surface area contributed by atoms with Crippen LogP contribution < -0.4 is 5.73 Å². The zero-order chi connectivity index (χ0) is 12.6. The van der Waals surface area contributed by atoms with Crippen molar-refractivity contribution in [2.24, 2.45) is 7.05 Å². The first-order chi connectivity index (χ1) is 7.99. The number of anilines is 1. The van der Waals surface area contributed by atoms with E-state index in [2.05, 4.69) is 15.1 Å². The second-order valence-electron chi connectivity index (χ2n) is 4.47.